The zero-order valence-corrected chi connectivity index (χ0v) is 12.8. The number of hydrogen-bond acceptors (Lipinski definition) is 2. The van der Waals surface area contributed by atoms with E-state index in [9.17, 15) is 4.79 Å². The van der Waals surface area contributed by atoms with Crippen molar-refractivity contribution in [3.63, 3.8) is 0 Å². The molecule has 0 radical (unpaired) electrons. The fraction of sp³-hybridized carbons (Fsp3) is 0.222. The summed E-state index contributed by atoms with van der Waals surface area (Å²) >= 11 is 0. The first kappa shape index (κ1) is 14.3. The third-order valence-corrected chi connectivity index (χ3v) is 3.83. The summed E-state index contributed by atoms with van der Waals surface area (Å²) in [7, 11) is 0. The fourth-order valence-corrected chi connectivity index (χ4v) is 2.50. The van der Waals surface area contributed by atoms with Gasteiger partial charge in [0.2, 0.25) is 0 Å². The Kier molecular flexibility index (Phi) is 3.24. The largest absolute Gasteiger partial charge is 0.478 e. The highest BCUT2D eigenvalue weighted by atomic mass is 16.4. The number of carboxylic acids is 1. The number of aromatic nitrogens is 2. The van der Waals surface area contributed by atoms with E-state index in [-0.39, 0.29) is 11.0 Å². The third kappa shape index (κ3) is 2.48. The molecule has 4 nitrogen and oxygen atoms in total. The van der Waals surface area contributed by atoms with E-state index >= 15 is 0 Å². The molecule has 3 rings (SSSR count). The van der Waals surface area contributed by atoms with Crippen molar-refractivity contribution < 1.29 is 9.90 Å². The minimum atomic E-state index is -0.937. The average molecular weight is 294 g/mol. The Labute approximate surface area is 128 Å². The van der Waals surface area contributed by atoms with Crippen molar-refractivity contribution in [2.75, 3.05) is 0 Å². The Balaban J connectivity index is 2.05. The Morgan fingerprint density at radius 3 is 2.36 bits per heavy atom. The van der Waals surface area contributed by atoms with Crippen LogP contribution in [0.1, 0.15) is 36.7 Å². The van der Waals surface area contributed by atoms with Gasteiger partial charge in [-0.05, 0) is 29.2 Å². The van der Waals surface area contributed by atoms with Crippen molar-refractivity contribution in [2.24, 2.45) is 0 Å². The van der Waals surface area contributed by atoms with E-state index in [4.69, 9.17) is 5.11 Å². The molecular weight excluding hydrogens is 276 g/mol. The zero-order valence-electron chi connectivity index (χ0n) is 12.8. The van der Waals surface area contributed by atoms with Crippen molar-refractivity contribution in [2.45, 2.75) is 26.2 Å². The van der Waals surface area contributed by atoms with E-state index in [0.717, 1.165) is 22.2 Å². The van der Waals surface area contributed by atoms with Crippen molar-refractivity contribution in [1.29, 1.82) is 0 Å². The highest BCUT2D eigenvalue weighted by molar-refractivity contribution is 5.98. The van der Waals surface area contributed by atoms with E-state index in [0.29, 0.717) is 0 Å². The maximum Gasteiger partial charge on any atom is 0.335 e. The lowest BCUT2D eigenvalue weighted by Gasteiger charge is -2.18. The monoisotopic (exact) mass is 294 g/mol. The minimum Gasteiger partial charge on any atom is -0.478 e. The number of carboxylic acid groups (broad SMARTS) is 1. The molecule has 0 spiro atoms. The van der Waals surface area contributed by atoms with Crippen LogP contribution in [0.5, 0.6) is 0 Å². The van der Waals surface area contributed by atoms with Crippen molar-refractivity contribution in [3.05, 3.63) is 53.6 Å². The molecule has 22 heavy (non-hydrogen) atoms. The maximum atomic E-state index is 11.0. The summed E-state index contributed by atoms with van der Waals surface area (Å²) in [4.78, 5) is 11.0. The highest BCUT2D eigenvalue weighted by Crippen LogP contribution is 2.29. The number of fused-ring (bicyclic) bond motifs is 1. The molecule has 2 aromatic carbocycles. The van der Waals surface area contributed by atoms with Gasteiger partial charge < -0.3 is 5.11 Å². The van der Waals surface area contributed by atoms with Crippen LogP contribution >= 0.6 is 0 Å². The second-order valence-electron chi connectivity index (χ2n) is 6.47. The van der Waals surface area contributed by atoms with E-state index in [1.807, 2.05) is 0 Å². The Morgan fingerprint density at radius 2 is 1.77 bits per heavy atom. The summed E-state index contributed by atoms with van der Waals surface area (Å²) in [6, 6.07) is 13.4. The fourth-order valence-electron chi connectivity index (χ4n) is 2.50. The first-order valence-corrected chi connectivity index (χ1v) is 7.18. The highest BCUT2D eigenvalue weighted by Gasteiger charge is 2.15. The van der Waals surface area contributed by atoms with Gasteiger partial charge in [0.25, 0.3) is 0 Å². The average Bonchev–Trinajstić information content (AvgIpc) is 2.89. The van der Waals surface area contributed by atoms with Crippen LogP contribution in [0, 0.1) is 0 Å². The summed E-state index contributed by atoms with van der Waals surface area (Å²) in [5.74, 6) is -0.937. The molecule has 0 saturated heterocycles. The van der Waals surface area contributed by atoms with Gasteiger partial charge >= 0.3 is 5.97 Å². The second-order valence-corrected chi connectivity index (χ2v) is 6.47. The normalized spacial score (nSPS) is 11.8. The minimum absolute atomic E-state index is 0.114. The number of nitrogens with zero attached hydrogens (tertiary/aromatic N) is 1. The molecule has 0 atom stereocenters. The van der Waals surface area contributed by atoms with Gasteiger partial charge in [0.05, 0.1) is 16.8 Å². The molecule has 0 aliphatic rings. The van der Waals surface area contributed by atoms with Gasteiger partial charge in [-0.2, -0.15) is 5.10 Å². The zero-order chi connectivity index (χ0) is 15.9. The number of nitrogens with one attached hydrogen (secondary N) is 1. The lowest BCUT2D eigenvalue weighted by atomic mass is 9.86. The Morgan fingerprint density at radius 1 is 1.09 bits per heavy atom. The van der Waals surface area contributed by atoms with Crippen LogP contribution in [0.2, 0.25) is 0 Å². The molecule has 0 fully saturated rings. The van der Waals surface area contributed by atoms with Gasteiger partial charge in [-0.25, -0.2) is 4.79 Å². The molecule has 0 bridgehead atoms. The smallest absolute Gasteiger partial charge is 0.335 e. The van der Waals surface area contributed by atoms with Gasteiger partial charge in [-0.15, -0.1) is 0 Å². The van der Waals surface area contributed by atoms with Crippen LogP contribution in [0.25, 0.3) is 22.2 Å². The molecule has 0 aliphatic heterocycles. The van der Waals surface area contributed by atoms with Gasteiger partial charge in [0.15, 0.2) is 0 Å². The molecule has 1 aromatic heterocycles. The molecule has 1 heterocycles. The molecule has 3 aromatic rings. The van der Waals surface area contributed by atoms with Crippen LogP contribution in [-0.4, -0.2) is 21.3 Å². The van der Waals surface area contributed by atoms with Gasteiger partial charge in [0, 0.05) is 10.9 Å². The molecule has 0 saturated carbocycles. The lowest BCUT2D eigenvalue weighted by molar-refractivity contribution is 0.0697. The van der Waals surface area contributed by atoms with E-state index in [1.54, 1.807) is 18.2 Å². The standard InChI is InChI=1S/C18H18N2O2/c1-18(2,3)13-7-4-11(5-8-13)16-14-9-6-12(17(21)22)10-15(14)19-20-16/h4-10H,1-3H3,(H,19,20)(H,21,22). The van der Waals surface area contributed by atoms with Crippen molar-refractivity contribution in [1.82, 2.24) is 10.2 Å². The van der Waals surface area contributed by atoms with Gasteiger partial charge in [0.1, 0.15) is 0 Å². The first-order valence-electron chi connectivity index (χ1n) is 7.18. The summed E-state index contributed by atoms with van der Waals surface area (Å²) in [5.41, 5.74) is 4.22. The van der Waals surface area contributed by atoms with Crippen molar-refractivity contribution in [3.8, 4) is 11.3 Å². The number of hydrogen-bond donors (Lipinski definition) is 2. The van der Waals surface area contributed by atoms with Crippen LogP contribution < -0.4 is 0 Å². The summed E-state index contributed by atoms with van der Waals surface area (Å²) in [5, 5.41) is 17.2. The maximum absolute atomic E-state index is 11.0. The topological polar surface area (TPSA) is 66.0 Å². The summed E-state index contributed by atoms with van der Waals surface area (Å²) in [6.45, 7) is 6.54. The number of aromatic amines is 1. The van der Waals surface area contributed by atoms with Gasteiger partial charge in [-0.1, -0.05) is 45.0 Å². The second kappa shape index (κ2) is 4.98. The van der Waals surface area contributed by atoms with Crippen LogP contribution in [0.3, 0.4) is 0 Å². The number of rotatable bonds is 2. The molecule has 0 aliphatic carbocycles. The summed E-state index contributed by atoms with van der Waals surface area (Å²) < 4.78 is 0. The number of carbonyl (C=O) groups is 1. The van der Waals surface area contributed by atoms with Crippen LogP contribution in [-0.2, 0) is 5.41 Å². The predicted octanol–water partition coefficient (Wildman–Crippen LogP) is 4.23. The Hall–Kier alpha value is -2.62. The van der Waals surface area contributed by atoms with Gasteiger partial charge in [-0.3, -0.25) is 5.10 Å². The Bertz CT molecular complexity index is 840. The predicted molar refractivity (Wildman–Crippen MR) is 87.2 cm³/mol. The number of benzene rings is 2. The number of aromatic carboxylic acids is 1. The van der Waals surface area contributed by atoms with E-state index in [1.165, 1.54) is 5.56 Å². The van der Waals surface area contributed by atoms with E-state index in [2.05, 4.69) is 55.2 Å². The molecule has 0 amide bonds. The summed E-state index contributed by atoms with van der Waals surface area (Å²) in [6.07, 6.45) is 0. The quantitative estimate of drug-likeness (QED) is 0.743. The number of H-pyrrole nitrogens is 1. The molecule has 112 valence electrons. The van der Waals surface area contributed by atoms with Crippen molar-refractivity contribution >= 4 is 16.9 Å². The molecule has 4 heteroatoms. The molecular formula is C18H18N2O2. The first-order chi connectivity index (χ1) is 10.4. The van der Waals surface area contributed by atoms with Crippen LogP contribution in [0.4, 0.5) is 0 Å². The van der Waals surface area contributed by atoms with Crippen LogP contribution in [0.15, 0.2) is 42.5 Å². The SMILES string of the molecule is CC(C)(C)c1ccc(-c2n[nH]c3cc(C(=O)O)ccc23)cc1. The third-order valence-electron chi connectivity index (χ3n) is 3.83. The van der Waals surface area contributed by atoms with E-state index < -0.39 is 5.97 Å². The lowest BCUT2D eigenvalue weighted by Crippen LogP contribution is -2.10. The molecule has 2 N–H and O–H groups in total. The molecule has 0 unspecified atom stereocenters.